The SMILES string of the molecule is Cc1cccc(C(N)c2ccc(OC(F)F)cc2)c1C. The van der Waals surface area contributed by atoms with Gasteiger partial charge in [-0.15, -0.1) is 0 Å². The van der Waals surface area contributed by atoms with Gasteiger partial charge in [0.25, 0.3) is 0 Å². The fourth-order valence-electron chi connectivity index (χ4n) is 2.15. The lowest BCUT2D eigenvalue weighted by Gasteiger charge is -2.17. The molecule has 0 fully saturated rings. The van der Waals surface area contributed by atoms with Crippen LogP contribution in [0.5, 0.6) is 5.75 Å². The van der Waals surface area contributed by atoms with Gasteiger partial charge in [0.1, 0.15) is 5.75 Å². The third-order valence-electron chi connectivity index (χ3n) is 3.45. The van der Waals surface area contributed by atoms with E-state index in [0.29, 0.717) is 0 Å². The summed E-state index contributed by atoms with van der Waals surface area (Å²) >= 11 is 0. The molecule has 0 saturated heterocycles. The Hall–Kier alpha value is -1.94. The molecule has 0 bridgehead atoms. The van der Waals surface area contributed by atoms with E-state index < -0.39 is 6.61 Å². The second-order valence-corrected chi connectivity index (χ2v) is 4.71. The fraction of sp³-hybridized carbons (Fsp3) is 0.250. The molecule has 0 aliphatic rings. The highest BCUT2D eigenvalue weighted by atomic mass is 19.3. The van der Waals surface area contributed by atoms with E-state index >= 15 is 0 Å². The molecule has 2 nitrogen and oxygen atoms in total. The number of halogens is 2. The summed E-state index contributed by atoms with van der Waals surface area (Å²) in [5.74, 6) is 0.136. The fourth-order valence-corrected chi connectivity index (χ4v) is 2.15. The quantitative estimate of drug-likeness (QED) is 0.918. The monoisotopic (exact) mass is 277 g/mol. The first-order valence-corrected chi connectivity index (χ1v) is 6.35. The standard InChI is InChI=1S/C16H17F2NO/c1-10-4-3-5-14(11(10)2)15(19)12-6-8-13(9-7-12)20-16(17)18/h3-9,15-16H,19H2,1-2H3. The van der Waals surface area contributed by atoms with Crippen LogP contribution in [0.1, 0.15) is 28.3 Å². The van der Waals surface area contributed by atoms with Gasteiger partial charge in [-0.1, -0.05) is 30.3 Å². The Kier molecular flexibility index (Phi) is 4.35. The molecule has 0 aliphatic heterocycles. The van der Waals surface area contributed by atoms with E-state index in [4.69, 9.17) is 5.73 Å². The summed E-state index contributed by atoms with van der Waals surface area (Å²) in [5.41, 5.74) is 10.5. The number of nitrogens with two attached hydrogens (primary N) is 1. The first-order chi connectivity index (χ1) is 9.49. The Labute approximate surface area is 117 Å². The predicted octanol–water partition coefficient (Wildman–Crippen LogP) is 3.95. The highest BCUT2D eigenvalue weighted by molar-refractivity contribution is 5.41. The van der Waals surface area contributed by atoms with Gasteiger partial charge >= 0.3 is 6.61 Å². The summed E-state index contributed by atoms with van der Waals surface area (Å²) in [4.78, 5) is 0. The van der Waals surface area contributed by atoms with E-state index in [1.165, 1.54) is 17.7 Å². The molecule has 20 heavy (non-hydrogen) atoms. The number of rotatable bonds is 4. The summed E-state index contributed by atoms with van der Waals surface area (Å²) in [6.07, 6.45) is 0. The number of alkyl halides is 2. The van der Waals surface area contributed by atoms with E-state index in [1.807, 2.05) is 32.0 Å². The van der Waals surface area contributed by atoms with Crippen molar-refractivity contribution >= 4 is 0 Å². The van der Waals surface area contributed by atoms with Crippen LogP contribution in [0.3, 0.4) is 0 Å². The number of aryl methyl sites for hydroxylation is 1. The predicted molar refractivity (Wildman–Crippen MR) is 75.0 cm³/mol. The summed E-state index contributed by atoms with van der Waals surface area (Å²) in [5, 5.41) is 0. The van der Waals surface area contributed by atoms with Crippen molar-refractivity contribution in [2.75, 3.05) is 0 Å². The van der Waals surface area contributed by atoms with Crippen LogP contribution in [0.15, 0.2) is 42.5 Å². The number of hydrogen-bond acceptors (Lipinski definition) is 2. The molecule has 0 aromatic heterocycles. The molecular weight excluding hydrogens is 260 g/mol. The van der Waals surface area contributed by atoms with Gasteiger partial charge in [0.2, 0.25) is 0 Å². The molecule has 0 heterocycles. The molecule has 1 unspecified atom stereocenters. The molecule has 0 spiro atoms. The van der Waals surface area contributed by atoms with E-state index in [2.05, 4.69) is 4.74 Å². The van der Waals surface area contributed by atoms with E-state index in [9.17, 15) is 8.78 Å². The summed E-state index contributed by atoms with van der Waals surface area (Å²) < 4.78 is 28.5. The van der Waals surface area contributed by atoms with Gasteiger partial charge in [-0.3, -0.25) is 0 Å². The molecule has 106 valence electrons. The molecule has 2 aromatic rings. The van der Waals surface area contributed by atoms with Crippen LogP contribution in [-0.4, -0.2) is 6.61 Å². The molecule has 0 amide bonds. The minimum Gasteiger partial charge on any atom is -0.435 e. The second kappa shape index (κ2) is 6.01. The van der Waals surface area contributed by atoms with Crippen LogP contribution in [0.2, 0.25) is 0 Å². The van der Waals surface area contributed by atoms with Crippen LogP contribution >= 0.6 is 0 Å². The van der Waals surface area contributed by atoms with Gasteiger partial charge in [-0.05, 0) is 48.2 Å². The molecular formula is C16H17F2NO. The van der Waals surface area contributed by atoms with Crippen molar-refractivity contribution in [2.24, 2.45) is 5.73 Å². The van der Waals surface area contributed by atoms with Gasteiger partial charge in [0, 0.05) is 0 Å². The average molecular weight is 277 g/mol. The number of benzene rings is 2. The Morgan fingerprint density at radius 3 is 2.25 bits per heavy atom. The molecule has 4 heteroatoms. The van der Waals surface area contributed by atoms with Crippen LogP contribution in [-0.2, 0) is 0 Å². The minimum atomic E-state index is -2.81. The van der Waals surface area contributed by atoms with Crippen LogP contribution in [0.4, 0.5) is 8.78 Å². The van der Waals surface area contributed by atoms with Crippen molar-refractivity contribution in [1.29, 1.82) is 0 Å². The van der Waals surface area contributed by atoms with Crippen molar-refractivity contribution in [3.05, 3.63) is 64.7 Å². The van der Waals surface area contributed by atoms with Crippen molar-refractivity contribution in [3.63, 3.8) is 0 Å². The summed E-state index contributed by atoms with van der Waals surface area (Å²) in [6.45, 7) is 1.25. The summed E-state index contributed by atoms with van der Waals surface area (Å²) in [6, 6.07) is 12.1. The third kappa shape index (κ3) is 3.14. The Bertz CT molecular complexity index is 582. The molecule has 2 rings (SSSR count). The van der Waals surface area contributed by atoms with Gasteiger partial charge in [0.15, 0.2) is 0 Å². The van der Waals surface area contributed by atoms with Gasteiger partial charge < -0.3 is 10.5 Å². The Morgan fingerprint density at radius 1 is 1.00 bits per heavy atom. The number of hydrogen-bond donors (Lipinski definition) is 1. The van der Waals surface area contributed by atoms with Crippen molar-refractivity contribution in [1.82, 2.24) is 0 Å². The summed E-state index contributed by atoms with van der Waals surface area (Å²) in [7, 11) is 0. The van der Waals surface area contributed by atoms with Gasteiger partial charge in [-0.2, -0.15) is 8.78 Å². The average Bonchev–Trinajstić information content (AvgIpc) is 2.41. The highest BCUT2D eigenvalue weighted by Gasteiger charge is 2.13. The van der Waals surface area contributed by atoms with Gasteiger partial charge in [-0.25, -0.2) is 0 Å². The van der Waals surface area contributed by atoms with Crippen molar-refractivity contribution in [3.8, 4) is 5.75 Å². The van der Waals surface area contributed by atoms with E-state index in [1.54, 1.807) is 12.1 Å². The van der Waals surface area contributed by atoms with Crippen LogP contribution in [0.25, 0.3) is 0 Å². The van der Waals surface area contributed by atoms with E-state index in [0.717, 1.165) is 16.7 Å². The minimum absolute atomic E-state index is 0.136. The topological polar surface area (TPSA) is 35.2 Å². The van der Waals surface area contributed by atoms with E-state index in [-0.39, 0.29) is 11.8 Å². The molecule has 0 aliphatic carbocycles. The maximum Gasteiger partial charge on any atom is 0.387 e. The molecule has 0 saturated carbocycles. The van der Waals surface area contributed by atoms with Crippen molar-refractivity contribution in [2.45, 2.75) is 26.5 Å². The maximum absolute atomic E-state index is 12.1. The number of ether oxygens (including phenoxy) is 1. The molecule has 1 atom stereocenters. The lowest BCUT2D eigenvalue weighted by Crippen LogP contribution is -2.13. The zero-order chi connectivity index (χ0) is 14.7. The van der Waals surface area contributed by atoms with Crippen molar-refractivity contribution < 1.29 is 13.5 Å². The highest BCUT2D eigenvalue weighted by Crippen LogP contribution is 2.26. The Morgan fingerprint density at radius 2 is 1.65 bits per heavy atom. The normalized spacial score (nSPS) is 12.5. The maximum atomic E-state index is 12.1. The zero-order valence-electron chi connectivity index (χ0n) is 11.4. The largest absolute Gasteiger partial charge is 0.435 e. The first kappa shape index (κ1) is 14.5. The lowest BCUT2D eigenvalue weighted by atomic mass is 9.93. The molecule has 2 aromatic carbocycles. The third-order valence-corrected chi connectivity index (χ3v) is 3.45. The first-order valence-electron chi connectivity index (χ1n) is 6.35. The van der Waals surface area contributed by atoms with Gasteiger partial charge in [0.05, 0.1) is 6.04 Å². The van der Waals surface area contributed by atoms with Crippen LogP contribution in [0, 0.1) is 13.8 Å². The Balaban J connectivity index is 2.25. The molecule has 0 radical (unpaired) electrons. The van der Waals surface area contributed by atoms with Crippen LogP contribution < -0.4 is 10.5 Å². The zero-order valence-corrected chi connectivity index (χ0v) is 11.4. The lowest BCUT2D eigenvalue weighted by molar-refractivity contribution is -0.0498. The second-order valence-electron chi connectivity index (χ2n) is 4.71. The smallest absolute Gasteiger partial charge is 0.387 e. The molecule has 2 N–H and O–H groups in total.